The first-order chi connectivity index (χ1) is 14.2. The Hall–Kier alpha value is -2.29. The molecule has 8 heteroatoms. The van der Waals surface area contributed by atoms with Gasteiger partial charge in [-0.15, -0.1) is 0 Å². The number of nitrogens with zero attached hydrogens (tertiary/aromatic N) is 2. The van der Waals surface area contributed by atoms with Crippen LogP contribution in [0.1, 0.15) is 47.9 Å². The number of rotatable bonds is 4. The summed E-state index contributed by atoms with van der Waals surface area (Å²) < 4.78 is 0. The van der Waals surface area contributed by atoms with E-state index < -0.39 is 0 Å². The van der Waals surface area contributed by atoms with E-state index in [0.717, 1.165) is 42.7 Å². The van der Waals surface area contributed by atoms with Gasteiger partial charge in [-0.25, -0.2) is 15.8 Å². The molecule has 0 bridgehead atoms. The molecule has 3 N–H and O–H groups in total. The third-order valence-corrected chi connectivity index (χ3v) is 7.15. The quantitative estimate of drug-likeness (QED) is 0.719. The summed E-state index contributed by atoms with van der Waals surface area (Å²) in [5.74, 6) is 0.353. The summed E-state index contributed by atoms with van der Waals surface area (Å²) in [5.41, 5.74) is 8.63. The fourth-order valence-corrected chi connectivity index (χ4v) is 5.18. The number of benzene rings is 1. The molecule has 1 aliphatic carbocycles. The highest BCUT2D eigenvalue weighted by Gasteiger charge is 2.35. The van der Waals surface area contributed by atoms with Crippen LogP contribution in [-0.4, -0.2) is 34.3 Å². The van der Waals surface area contributed by atoms with Crippen LogP contribution in [0.15, 0.2) is 30.3 Å². The molecule has 7 nitrogen and oxygen atoms in total. The first-order valence-electron chi connectivity index (χ1n) is 10.3. The molecule has 2 aliphatic heterocycles. The average Bonchev–Trinajstić information content (AvgIpc) is 3.33. The fourth-order valence-electron chi connectivity index (χ4n) is 4.16. The van der Waals surface area contributed by atoms with Crippen molar-refractivity contribution < 1.29 is 9.59 Å². The van der Waals surface area contributed by atoms with Crippen molar-refractivity contribution in [1.29, 1.82) is 0 Å². The Morgan fingerprint density at radius 1 is 1.17 bits per heavy atom. The van der Waals surface area contributed by atoms with Crippen LogP contribution < -0.4 is 16.2 Å². The predicted octanol–water partition coefficient (Wildman–Crippen LogP) is 2.37. The zero-order chi connectivity index (χ0) is 19.8. The molecule has 5 rings (SSSR count). The van der Waals surface area contributed by atoms with E-state index in [1.807, 2.05) is 23.1 Å². The van der Waals surface area contributed by atoms with Crippen molar-refractivity contribution >= 4 is 28.3 Å². The number of carbonyl (C=O) groups excluding carboxylic acids is 2. The van der Waals surface area contributed by atoms with Crippen LogP contribution >= 0.6 is 11.3 Å². The van der Waals surface area contributed by atoms with Crippen molar-refractivity contribution in [1.82, 2.24) is 20.7 Å². The largest absolute Gasteiger partial charge is 0.336 e. The molecule has 2 amide bonds. The molecule has 1 saturated carbocycles. The van der Waals surface area contributed by atoms with Gasteiger partial charge in [-0.05, 0) is 24.8 Å². The van der Waals surface area contributed by atoms with Crippen LogP contribution in [0.4, 0.5) is 5.13 Å². The first kappa shape index (κ1) is 18.7. The molecule has 3 heterocycles. The monoisotopic (exact) mass is 411 g/mol. The van der Waals surface area contributed by atoms with E-state index in [2.05, 4.69) is 33.3 Å². The highest BCUT2D eigenvalue weighted by atomic mass is 32.1. The first-order valence-corrected chi connectivity index (χ1v) is 11.1. The lowest BCUT2D eigenvalue weighted by Crippen LogP contribution is -2.47. The lowest BCUT2D eigenvalue weighted by atomic mass is 9.85. The van der Waals surface area contributed by atoms with Gasteiger partial charge in [0.15, 0.2) is 5.13 Å². The number of amides is 2. The van der Waals surface area contributed by atoms with Crippen LogP contribution in [0, 0.1) is 5.92 Å². The summed E-state index contributed by atoms with van der Waals surface area (Å²) in [5, 5.41) is 3.64. The maximum absolute atomic E-state index is 13.0. The third-order valence-electron chi connectivity index (χ3n) is 6.15. The van der Waals surface area contributed by atoms with Crippen molar-refractivity contribution in [3.8, 4) is 0 Å². The molecule has 1 aromatic heterocycles. The Kier molecular flexibility index (Phi) is 5.07. The average molecular weight is 412 g/mol. The Bertz CT molecular complexity index is 911. The van der Waals surface area contributed by atoms with Crippen LogP contribution in [0.25, 0.3) is 0 Å². The van der Waals surface area contributed by atoms with Gasteiger partial charge in [-0.2, -0.15) is 0 Å². The summed E-state index contributed by atoms with van der Waals surface area (Å²) in [4.78, 5) is 32.8. The van der Waals surface area contributed by atoms with Crippen LogP contribution in [0.3, 0.4) is 0 Å². The summed E-state index contributed by atoms with van der Waals surface area (Å²) in [6.45, 7) is 1.24. The maximum atomic E-state index is 13.0. The van der Waals surface area contributed by atoms with E-state index in [1.165, 1.54) is 16.9 Å². The minimum atomic E-state index is -0.229. The minimum absolute atomic E-state index is 0.0865. The van der Waals surface area contributed by atoms with E-state index in [-0.39, 0.29) is 29.8 Å². The molecule has 2 aromatic rings. The summed E-state index contributed by atoms with van der Waals surface area (Å²) in [6, 6.07) is 10.1. The van der Waals surface area contributed by atoms with Gasteiger partial charge < -0.3 is 10.2 Å². The SMILES string of the molecule is O=C(Nc1nc2c(s1)CN(C(=O)C1CC(c3ccccc3)NN1)CC2)C1CCC1. The molecule has 0 radical (unpaired) electrons. The second kappa shape index (κ2) is 7.85. The standard InChI is InChI=1S/C21H25N5O2S/c27-19(14-7-4-8-14)23-21-22-15-9-10-26(12-18(15)29-21)20(28)17-11-16(24-25-17)13-5-2-1-3-6-13/h1-3,5-6,14,16-17,24-25H,4,7-12H2,(H,22,23,27). The number of hydrogen-bond acceptors (Lipinski definition) is 6. The number of anilines is 1. The zero-order valence-electron chi connectivity index (χ0n) is 16.2. The molecule has 29 heavy (non-hydrogen) atoms. The second-order valence-electron chi connectivity index (χ2n) is 8.06. The zero-order valence-corrected chi connectivity index (χ0v) is 17.0. The predicted molar refractivity (Wildman–Crippen MR) is 111 cm³/mol. The number of thiazole rings is 1. The van der Waals surface area contributed by atoms with Crippen molar-refractivity contribution in [3.63, 3.8) is 0 Å². The minimum Gasteiger partial charge on any atom is -0.336 e. The summed E-state index contributed by atoms with van der Waals surface area (Å²) >= 11 is 1.50. The molecule has 1 aromatic carbocycles. The van der Waals surface area contributed by atoms with Gasteiger partial charge in [0.25, 0.3) is 0 Å². The number of carbonyl (C=O) groups is 2. The van der Waals surface area contributed by atoms with Gasteiger partial charge in [0.1, 0.15) is 6.04 Å². The molecular formula is C21H25N5O2S. The van der Waals surface area contributed by atoms with E-state index in [1.54, 1.807) is 0 Å². The number of nitrogens with one attached hydrogen (secondary N) is 3. The fraction of sp³-hybridized carbons (Fsp3) is 0.476. The lowest BCUT2D eigenvalue weighted by molar-refractivity contribution is -0.134. The number of fused-ring (bicyclic) bond motifs is 1. The maximum Gasteiger partial charge on any atom is 0.241 e. The van der Waals surface area contributed by atoms with Crippen LogP contribution in [0.2, 0.25) is 0 Å². The van der Waals surface area contributed by atoms with Gasteiger partial charge >= 0.3 is 0 Å². The number of aromatic nitrogens is 1. The molecule has 2 fully saturated rings. The van der Waals surface area contributed by atoms with Crippen molar-refractivity contribution in [3.05, 3.63) is 46.5 Å². The van der Waals surface area contributed by atoms with Crippen molar-refractivity contribution in [2.75, 3.05) is 11.9 Å². The van der Waals surface area contributed by atoms with Gasteiger partial charge in [-0.1, -0.05) is 48.1 Å². The topological polar surface area (TPSA) is 86.4 Å². The Balaban J connectivity index is 1.20. The van der Waals surface area contributed by atoms with E-state index in [0.29, 0.717) is 18.2 Å². The van der Waals surface area contributed by atoms with Crippen molar-refractivity contribution in [2.24, 2.45) is 5.92 Å². The molecule has 0 spiro atoms. The molecule has 1 saturated heterocycles. The summed E-state index contributed by atoms with van der Waals surface area (Å²) in [6.07, 6.45) is 4.56. The molecule has 2 atom stereocenters. The molecule has 2 unspecified atom stereocenters. The van der Waals surface area contributed by atoms with Gasteiger partial charge in [0, 0.05) is 29.8 Å². The Morgan fingerprint density at radius 3 is 2.76 bits per heavy atom. The third kappa shape index (κ3) is 3.80. The van der Waals surface area contributed by atoms with Gasteiger partial charge in [0.2, 0.25) is 11.8 Å². The van der Waals surface area contributed by atoms with E-state index >= 15 is 0 Å². The Morgan fingerprint density at radius 2 is 2.00 bits per heavy atom. The molecule has 3 aliphatic rings. The normalized spacial score (nSPS) is 24.1. The van der Waals surface area contributed by atoms with Crippen LogP contribution in [0.5, 0.6) is 0 Å². The van der Waals surface area contributed by atoms with Crippen LogP contribution in [-0.2, 0) is 22.6 Å². The van der Waals surface area contributed by atoms with Crippen molar-refractivity contribution in [2.45, 2.75) is 50.7 Å². The second-order valence-corrected chi connectivity index (χ2v) is 9.14. The highest BCUT2D eigenvalue weighted by Crippen LogP contribution is 2.32. The van der Waals surface area contributed by atoms with E-state index in [4.69, 9.17) is 0 Å². The van der Waals surface area contributed by atoms with E-state index in [9.17, 15) is 9.59 Å². The smallest absolute Gasteiger partial charge is 0.241 e. The summed E-state index contributed by atoms with van der Waals surface area (Å²) in [7, 11) is 0. The molecule has 152 valence electrons. The Labute approximate surface area is 173 Å². The number of hydrazine groups is 1. The van der Waals surface area contributed by atoms with Gasteiger partial charge in [0.05, 0.1) is 12.2 Å². The molecular weight excluding hydrogens is 386 g/mol. The number of hydrogen-bond donors (Lipinski definition) is 3. The lowest BCUT2D eigenvalue weighted by Gasteiger charge is -2.28. The van der Waals surface area contributed by atoms with Gasteiger partial charge in [-0.3, -0.25) is 9.59 Å². The highest BCUT2D eigenvalue weighted by molar-refractivity contribution is 7.15.